The van der Waals surface area contributed by atoms with Crippen molar-refractivity contribution in [3.05, 3.63) is 65.7 Å². The number of benzene rings is 2. The minimum atomic E-state index is -0.232. The van der Waals surface area contributed by atoms with Crippen molar-refractivity contribution in [2.45, 2.75) is 32.4 Å². The molecule has 0 saturated carbocycles. The van der Waals surface area contributed by atoms with Gasteiger partial charge in [-0.05, 0) is 36.6 Å². The van der Waals surface area contributed by atoms with Crippen LogP contribution in [-0.2, 0) is 11.2 Å². The van der Waals surface area contributed by atoms with Crippen molar-refractivity contribution < 1.29 is 4.79 Å². The first kappa shape index (κ1) is 20.1. The van der Waals surface area contributed by atoms with Crippen LogP contribution in [0, 0.1) is 11.3 Å². The molecular formula is C23H28N4O. The Morgan fingerprint density at radius 3 is 2.21 bits per heavy atom. The maximum absolute atomic E-state index is 12.6. The van der Waals surface area contributed by atoms with E-state index in [0.29, 0.717) is 0 Å². The van der Waals surface area contributed by atoms with Gasteiger partial charge in [0.25, 0.3) is 0 Å². The predicted octanol–water partition coefficient (Wildman–Crippen LogP) is 3.46. The average molecular weight is 377 g/mol. The Kier molecular flexibility index (Phi) is 6.80. The van der Waals surface area contributed by atoms with Crippen LogP contribution in [0.3, 0.4) is 0 Å². The van der Waals surface area contributed by atoms with Gasteiger partial charge in [-0.25, -0.2) is 0 Å². The van der Waals surface area contributed by atoms with Crippen molar-refractivity contribution in [1.29, 1.82) is 5.26 Å². The van der Waals surface area contributed by atoms with Crippen molar-refractivity contribution in [3.8, 4) is 6.07 Å². The van der Waals surface area contributed by atoms with Crippen molar-refractivity contribution in [1.82, 2.24) is 9.80 Å². The summed E-state index contributed by atoms with van der Waals surface area (Å²) in [5.74, 6) is 0.0117. The fourth-order valence-electron chi connectivity index (χ4n) is 3.62. The third kappa shape index (κ3) is 4.78. The van der Waals surface area contributed by atoms with Crippen molar-refractivity contribution in [3.63, 3.8) is 0 Å². The molecule has 146 valence electrons. The Bertz CT molecular complexity index is 805. The maximum atomic E-state index is 12.6. The Morgan fingerprint density at radius 1 is 1.04 bits per heavy atom. The van der Waals surface area contributed by atoms with Gasteiger partial charge in [0, 0.05) is 31.9 Å². The zero-order valence-electron chi connectivity index (χ0n) is 16.6. The normalized spacial score (nSPS) is 17.5. The molecule has 2 aromatic rings. The molecule has 1 heterocycles. The first-order valence-corrected chi connectivity index (χ1v) is 9.95. The smallest absolute Gasteiger partial charge is 0.241 e. The summed E-state index contributed by atoms with van der Waals surface area (Å²) in [6.45, 7) is 7.16. The van der Waals surface area contributed by atoms with Gasteiger partial charge in [-0.2, -0.15) is 5.26 Å². The summed E-state index contributed by atoms with van der Waals surface area (Å²) in [6.07, 6.45) is 0.988. The van der Waals surface area contributed by atoms with Crippen molar-refractivity contribution in [2.24, 2.45) is 0 Å². The van der Waals surface area contributed by atoms with Crippen LogP contribution in [0.5, 0.6) is 0 Å². The second-order valence-electron chi connectivity index (χ2n) is 7.23. The van der Waals surface area contributed by atoms with Gasteiger partial charge in [0.1, 0.15) is 6.04 Å². The van der Waals surface area contributed by atoms with Gasteiger partial charge in [0.15, 0.2) is 0 Å². The number of piperazine rings is 1. The SMILES string of the molecule is CCc1ccc(NC(=O)C(C)N2CCN(C(C#N)c3ccccc3)CC2)cc1. The first-order chi connectivity index (χ1) is 13.6. The molecule has 28 heavy (non-hydrogen) atoms. The summed E-state index contributed by atoms with van der Waals surface area (Å²) in [7, 11) is 0. The second-order valence-corrected chi connectivity index (χ2v) is 7.23. The number of nitriles is 1. The molecule has 1 aliphatic heterocycles. The molecule has 1 fully saturated rings. The lowest BCUT2D eigenvalue weighted by Crippen LogP contribution is -2.53. The quantitative estimate of drug-likeness (QED) is 0.839. The highest BCUT2D eigenvalue weighted by molar-refractivity contribution is 5.94. The minimum Gasteiger partial charge on any atom is -0.325 e. The lowest BCUT2D eigenvalue weighted by molar-refractivity contribution is -0.121. The van der Waals surface area contributed by atoms with Gasteiger partial charge >= 0.3 is 0 Å². The number of nitrogens with zero attached hydrogens (tertiary/aromatic N) is 3. The molecule has 5 heteroatoms. The van der Waals surface area contributed by atoms with E-state index in [0.717, 1.165) is 43.9 Å². The van der Waals surface area contributed by atoms with E-state index in [1.807, 2.05) is 61.5 Å². The Hall–Kier alpha value is -2.68. The molecule has 0 bridgehead atoms. The molecular weight excluding hydrogens is 348 g/mol. The number of anilines is 1. The van der Waals surface area contributed by atoms with E-state index >= 15 is 0 Å². The highest BCUT2D eigenvalue weighted by atomic mass is 16.2. The van der Waals surface area contributed by atoms with Crippen LogP contribution in [0.25, 0.3) is 0 Å². The van der Waals surface area contributed by atoms with E-state index in [1.165, 1.54) is 5.56 Å². The lowest BCUT2D eigenvalue weighted by Gasteiger charge is -2.39. The average Bonchev–Trinajstić information content (AvgIpc) is 2.75. The van der Waals surface area contributed by atoms with Gasteiger partial charge in [0.2, 0.25) is 5.91 Å². The van der Waals surface area contributed by atoms with Crippen molar-refractivity contribution in [2.75, 3.05) is 31.5 Å². The number of rotatable bonds is 6. The van der Waals surface area contributed by atoms with Gasteiger partial charge < -0.3 is 5.32 Å². The van der Waals surface area contributed by atoms with E-state index in [9.17, 15) is 10.1 Å². The van der Waals surface area contributed by atoms with Crippen LogP contribution < -0.4 is 5.32 Å². The number of amides is 1. The molecule has 1 aliphatic rings. The van der Waals surface area contributed by atoms with E-state index in [4.69, 9.17) is 0 Å². The Labute approximate surface area is 167 Å². The molecule has 2 unspecified atom stereocenters. The van der Waals surface area contributed by atoms with Crippen LogP contribution in [0.4, 0.5) is 5.69 Å². The summed E-state index contributed by atoms with van der Waals surface area (Å²) in [6, 6.07) is 19.9. The summed E-state index contributed by atoms with van der Waals surface area (Å²) in [4.78, 5) is 17.0. The highest BCUT2D eigenvalue weighted by Crippen LogP contribution is 2.22. The molecule has 1 N–H and O–H groups in total. The number of nitrogens with one attached hydrogen (secondary N) is 1. The summed E-state index contributed by atoms with van der Waals surface area (Å²) < 4.78 is 0. The van der Waals surface area contributed by atoms with Gasteiger partial charge in [-0.3, -0.25) is 14.6 Å². The number of aryl methyl sites for hydroxylation is 1. The van der Waals surface area contributed by atoms with E-state index < -0.39 is 0 Å². The van der Waals surface area contributed by atoms with Crippen LogP contribution in [0.15, 0.2) is 54.6 Å². The van der Waals surface area contributed by atoms with Gasteiger partial charge in [0.05, 0.1) is 12.1 Å². The van der Waals surface area contributed by atoms with Gasteiger partial charge in [-0.15, -0.1) is 0 Å². The van der Waals surface area contributed by atoms with Crippen LogP contribution >= 0.6 is 0 Å². The standard InChI is InChI=1S/C23H28N4O/c1-3-19-9-11-21(12-10-19)25-23(28)18(2)26-13-15-27(16-14-26)22(17-24)20-7-5-4-6-8-20/h4-12,18,22H,3,13-16H2,1-2H3,(H,25,28). The molecule has 1 saturated heterocycles. The Balaban J connectivity index is 1.54. The lowest BCUT2D eigenvalue weighted by atomic mass is 10.1. The number of carbonyl (C=O) groups excluding carboxylic acids is 1. The maximum Gasteiger partial charge on any atom is 0.241 e. The zero-order chi connectivity index (χ0) is 19.9. The summed E-state index contributed by atoms with van der Waals surface area (Å²) in [5.41, 5.74) is 3.12. The Morgan fingerprint density at radius 2 is 1.64 bits per heavy atom. The zero-order valence-corrected chi connectivity index (χ0v) is 16.6. The fraction of sp³-hybridized carbons (Fsp3) is 0.391. The molecule has 3 rings (SSSR count). The van der Waals surface area contributed by atoms with E-state index in [-0.39, 0.29) is 18.0 Å². The largest absolute Gasteiger partial charge is 0.325 e. The molecule has 5 nitrogen and oxygen atoms in total. The molecule has 0 spiro atoms. The highest BCUT2D eigenvalue weighted by Gasteiger charge is 2.29. The molecule has 2 atom stereocenters. The van der Waals surface area contributed by atoms with Crippen LogP contribution in [-0.4, -0.2) is 47.9 Å². The van der Waals surface area contributed by atoms with Crippen LogP contribution in [0.2, 0.25) is 0 Å². The molecule has 0 aliphatic carbocycles. The topological polar surface area (TPSA) is 59.4 Å². The predicted molar refractivity (Wildman–Crippen MR) is 112 cm³/mol. The van der Waals surface area contributed by atoms with Crippen LogP contribution in [0.1, 0.15) is 31.0 Å². The number of hydrogen-bond acceptors (Lipinski definition) is 4. The minimum absolute atomic E-state index is 0.0117. The third-order valence-corrected chi connectivity index (χ3v) is 5.51. The molecule has 0 radical (unpaired) electrons. The number of carbonyl (C=O) groups is 1. The third-order valence-electron chi connectivity index (χ3n) is 5.51. The molecule has 2 aromatic carbocycles. The first-order valence-electron chi connectivity index (χ1n) is 9.95. The fourth-order valence-corrected chi connectivity index (χ4v) is 3.62. The van der Waals surface area contributed by atoms with Crippen molar-refractivity contribution >= 4 is 11.6 Å². The van der Waals surface area contributed by atoms with E-state index in [2.05, 4.69) is 28.1 Å². The van der Waals surface area contributed by atoms with E-state index in [1.54, 1.807) is 0 Å². The number of hydrogen-bond donors (Lipinski definition) is 1. The second kappa shape index (κ2) is 9.50. The van der Waals surface area contributed by atoms with Gasteiger partial charge in [-0.1, -0.05) is 49.4 Å². The monoisotopic (exact) mass is 376 g/mol. The summed E-state index contributed by atoms with van der Waals surface area (Å²) >= 11 is 0. The summed E-state index contributed by atoms with van der Waals surface area (Å²) in [5, 5.41) is 12.6. The molecule has 0 aromatic heterocycles. The molecule has 1 amide bonds.